The predicted octanol–water partition coefficient (Wildman–Crippen LogP) is -1.21. The maximum atomic E-state index is 7.05. The second-order valence-electron chi connectivity index (χ2n) is 0. The van der Waals surface area contributed by atoms with Crippen LogP contribution in [-0.4, -0.2) is 26.2 Å². The van der Waals surface area contributed by atoms with Crippen molar-refractivity contribution in [2.75, 3.05) is 0 Å². The van der Waals surface area contributed by atoms with Gasteiger partial charge in [-0.05, 0) is 0 Å². The van der Waals surface area contributed by atoms with Gasteiger partial charge >= 0.3 is 26.2 Å². The summed E-state index contributed by atoms with van der Waals surface area (Å²) in [5.41, 5.74) is 0. The molecule has 0 saturated heterocycles. The molecule has 0 aromatic heterocycles. The monoisotopic (exact) mass is 275 g/mol. The van der Waals surface area contributed by atoms with Crippen LogP contribution >= 0.6 is 0 Å². The van der Waals surface area contributed by atoms with Crippen molar-refractivity contribution in [3.63, 3.8) is 0 Å². The molecule has 1 nitrogen and oxygen atoms in total. The van der Waals surface area contributed by atoms with Crippen LogP contribution < -0.4 is 0 Å². The van der Waals surface area contributed by atoms with E-state index in [-0.39, 0.29) is 36.5 Å². The number of rotatable bonds is 0. The van der Waals surface area contributed by atoms with Gasteiger partial charge in [0, 0.05) is 36.5 Å². The maximum Gasteiger partial charge on any atom is 0 e. The van der Waals surface area contributed by atoms with Crippen molar-refractivity contribution in [3.8, 4) is 0 Å². The molecule has 0 aliphatic rings. The zero-order chi connectivity index (χ0) is 2.00. The van der Waals surface area contributed by atoms with Crippen LogP contribution in [0.5, 0.6) is 0 Å². The third kappa shape index (κ3) is 9.09. The van der Waals surface area contributed by atoms with Gasteiger partial charge in [-0.15, -0.1) is 0 Å². The Balaban J connectivity index is -0.00000000500. The third-order valence-electron chi connectivity index (χ3n) is 0. The molecule has 0 rings (SSSR count). The minimum atomic E-state index is 0. The van der Waals surface area contributed by atoms with E-state index in [0.717, 1.165) is 22.7 Å². The van der Waals surface area contributed by atoms with Crippen molar-refractivity contribution < 1.29 is 40.0 Å². The van der Waals surface area contributed by atoms with Gasteiger partial charge in [-0.2, -0.15) is 0 Å². The number of hydrogen-bond donors (Lipinski definition) is 1. The molecule has 0 aromatic carbocycles. The summed E-state index contributed by atoms with van der Waals surface area (Å²) in [4.78, 5) is 0. The van der Waals surface area contributed by atoms with Crippen molar-refractivity contribution in [2.45, 2.75) is 0 Å². The van der Waals surface area contributed by atoms with Crippen molar-refractivity contribution in [2.24, 2.45) is 0 Å². The van der Waals surface area contributed by atoms with Crippen LogP contribution in [-0.2, 0) is 36.5 Å². The third-order valence-corrected chi connectivity index (χ3v) is 0. The molecule has 4 heavy (non-hydrogen) atoms. The second kappa shape index (κ2) is 20.7. The van der Waals surface area contributed by atoms with Crippen molar-refractivity contribution in [1.82, 2.24) is 0 Å². The topological polar surface area (TPSA) is 20.2 Å². The summed E-state index contributed by atoms with van der Waals surface area (Å²) >= 11 is 0.750. The normalized spacial score (nSPS) is 1.50. The first-order valence-electron chi connectivity index (χ1n) is 0.200. The molecule has 0 atom stereocenters. The van der Waals surface area contributed by atoms with E-state index < -0.39 is 0 Å². The quantitative estimate of drug-likeness (QED) is 0.550. The Morgan fingerprint density at radius 3 is 1.25 bits per heavy atom. The summed E-state index contributed by atoms with van der Waals surface area (Å²) in [6.45, 7) is 0. The average Bonchev–Trinajstić information content (AvgIpc) is 1.00. The van der Waals surface area contributed by atoms with Crippen LogP contribution in [0.15, 0.2) is 0 Å². The summed E-state index contributed by atoms with van der Waals surface area (Å²) in [5, 5.41) is 0. The van der Waals surface area contributed by atoms with Gasteiger partial charge in [0.1, 0.15) is 0 Å². The van der Waals surface area contributed by atoms with E-state index in [1.54, 1.807) is 0 Å². The van der Waals surface area contributed by atoms with E-state index >= 15 is 0 Å². The van der Waals surface area contributed by atoms with Crippen molar-refractivity contribution in [1.29, 1.82) is 0 Å². The summed E-state index contributed by atoms with van der Waals surface area (Å²) < 4.78 is 7.05. The van der Waals surface area contributed by atoms with E-state index in [4.69, 9.17) is 3.47 Å². The largest absolute Gasteiger partial charge is 0 e. The molecular formula is H2CuOTeZn. The molecular weight excluding hydrogens is 273 g/mol. The van der Waals surface area contributed by atoms with Gasteiger partial charge in [0.2, 0.25) is 0 Å². The fourth-order valence-electron chi connectivity index (χ4n) is 0. The van der Waals surface area contributed by atoms with Crippen LogP contribution in [0.1, 0.15) is 0 Å². The van der Waals surface area contributed by atoms with Gasteiger partial charge < -0.3 is 0 Å². The second-order valence-corrected chi connectivity index (χ2v) is 0. The Kier molecular flexibility index (Phi) is 87.2. The van der Waals surface area contributed by atoms with Gasteiger partial charge in [0.25, 0.3) is 0 Å². The van der Waals surface area contributed by atoms with E-state index in [2.05, 4.69) is 0 Å². The Labute approximate surface area is 62.2 Å². The predicted molar refractivity (Wildman–Crippen MR) is 9.37 cm³/mol. The molecule has 0 spiro atoms. The minimum absolute atomic E-state index is 0. The van der Waals surface area contributed by atoms with Gasteiger partial charge in [0.15, 0.2) is 0 Å². The summed E-state index contributed by atoms with van der Waals surface area (Å²) in [5.74, 6) is 0. The molecule has 0 saturated carbocycles. The average molecular weight is 275 g/mol. The van der Waals surface area contributed by atoms with Crippen molar-refractivity contribution >= 4 is 22.7 Å². The number of hydrogen-bond acceptors (Lipinski definition) is 1. The maximum absolute atomic E-state index is 7.05. The smallest absolute Gasteiger partial charge is 0 e. The first-order chi connectivity index (χ1) is 1.00. The molecule has 0 aliphatic carbocycles. The SMILES string of the molecule is O[TeH].[Cu].[Zn]. The first-order valence-corrected chi connectivity index (χ1v) is 1.34. The van der Waals surface area contributed by atoms with E-state index in [0.29, 0.717) is 0 Å². The van der Waals surface area contributed by atoms with Crippen LogP contribution in [0.25, 0.3) is 0 Å². The molecule has 1 N–H and O–H groups in total. The summed E-state index contributed by atoms with van der Waals surface area (Å²) in [6.07, 6.45) is 0. The minimum Gasteiger partial charge on any atom is 0 e. The van der Waals surface area contributed by atoms with Crippen molar-refractivity contribution in [3.05, 3.63) is 0 Å². The molecule has 0 bridgehead atoms. The van der Waals surface area contributed by atoms with Gasteiger partial charge in [-0.1, -0.05) is 0 Å². The Hall–Kier alpha value is 1.89. The standard InChI is InChI=1S/Cu.H2OTe.Zn/c;1-2;/h;1-2H;. The first kappa shape index (κ1) is 16.9. The fraction of sp³-hybridized carbons (Fsp3) is 0. The van der Waals surface area contributed by atoms with E-state index in [9.17, 15) is 0 Å². The van der Waals surface area contributed by atoms with Gasteiger partial charge in [-0.25, -0.2) is 0 Å². The van der Waals surface area contributed by atoms with Gasteiger partial charge in [-0.3, -0.25) is 0 Å². The van der Waals surface area contributed by atoms with E-state index in [1.807, 2.05) is 0 Å². The molecule has 1 radical (unpaired) electrons. The zero-order valence-electron chi connectivity index (χ0n) is 1.90. The molecule has 27 valence electrons. The zero-order valence-corrected chi connectivity index (χ0v) is 8.36. The Morgan fingerprint density at radius 1 is 1.25 bits per heavy atom. The molecule has 0 heterocycles. The molecule has 0 fully saturated rings. The Bertz CT molecular complexity index is 8.00. The molecule has 0 unspecified atom stereocenters. The van der Waals surface area contributed by atoms with E-state index in [1.165, 1.54) is 0 Å². The van der Waals surface area contributed by atoms with Crippen LogP contribution in [0.2, 0.25) is 0 Å². The molecule has 0 aromatic rings. The summed E-state index contributed by atoms with van der Waals surface area (Å²) in [6, 6.07) is 0. The summed E-state index contributed by atoms with van der Waals surface area (Å²) in [7, 11) is 0. The van der Waals surface area contributed by atoms with Crippen LogP contribution in [0.4, 0.5) is 0 Å². The molecule has 0 amide bonds. The molecule has 4 heteroatoms. The van der Waals surface area contributed by atoms with Gasteiger partial charge in [0.05, 0.1) is 0 Å². The van der Waals surface area contributed by atoms with Crippen LogP contribution in [0.3, 0.4) is 0 Å². The fourth-order valence-corrected chi connectivity index (χ4v) is 0. The molecule has 0 aliphatic heterocycles. The van der Waals surface area contributed by atoms with Crippen LogP contribution in [0, 0.1) is 0 Å². The Morgan fingerprint density at radius 2 is 1.25 bits per heavy atom.